The van der Waals surface area contributed by atoms with Crippen LogP contribution in [0.5, 0.6) is 0 Å². The zero-order valence-corrected chi connectivity index (χ0v) is 23.0. The lowest BCUT2D eigenvalue weighted by atomic mass is 10.1. The zero-order chi connectivity index (χ0) is 27.2. The molecule has 0 fully saturated rings. The molecule has 0 aliphatic carbocycles. The lowest BCUT2D eigenvalue weighted by molar-refractivity contribution is 0.414. The van der Waals surface area contributed by atoms with E-state index >= 15 is 0 Å². The fourth-order valence-corrected chi connectivity index (χ4v) is 4.60. The number of H-pyrrole nitrogens is 2. The Hall–Kier alpha value is -4.28. The fraction of sp³-hybridized carbons (Fsp3) is 0.310. The van der Waals surface area contributed by atoms with E-state index in [0.29, 0.717) is 0 Å². The van der Waals surface area contributed by atoms with Gasteiger partial charge in [0.25, 0.3) is 0 Å². The van der Waals surface area contributed by atoms with Gasteiger partial charge < -0.3 is 24.3 Å². The number of aromatic nitrogens is 8. The summed E-state index contributed by atoms with van der Waals surface area (Å²) < 4.78 is 3.90. The van der Waals surface area contributed by atoms with Crippen molar-refractivity contribution in [3.05, 3.63) is 90.8 Å². The van der Waals surface area contributed by atoms with Gasteiger partial charge in [0.2, 0.25) is 0 Å². The number of aromatic amines is 2. The van der Waals surface area contributed by atoms with Crippen LogP contribution in [0.1, 0.15) is 16.7 Å². The molecule has 0 radical (unpaired) electrons. The maximum atomic E-state index is 3.85. The van der Waals surface area contributed by atoms with Crippen molar-refractivity contribution >= 4 is 21.8 Å². The van der Waals surface area contributed by atoms with Crippen LogP contribution in [0.25, 0.3) is 27.5 Å². The summed E-state index contributed by atoms with van der Waals surface area (Å²) in [5.74, 6) is 0. The van der Waals surface area contributed by atoms with Crippen molar-refractivity contribution in [2.75, 3.05) is 41.3 Å². The third-order valence-electron chi connectivity index (χ3n) is 6.79. The van der Waals surface area contributed by atoms with E-state index in [1.54, 1.807) is 25.3 Å². The van der Waals surface area contributed by atoms with E-state index in [1.165, 1.54) is 38.5 Å². The van der Waals surface area contributed by atoms with Crippen LogP contribution in [-0.2, 0) is 19.4 Å². The highest BCUT2D eigenvalue weighted by Gasteiger charge is 2.07. The smallest absolute Gasteiger partial charge is 0.123 e. The van der Waals surface area contributed by atoms with Gasteiger partial charge in [-0.15, -0.1) is 20.4 Å². The highest BCUT2D eigenvalue weighted by atomic mass is 15.2. The molecule has 0 unspecified atom stereocenters. The Balaban J connectivity index is 0.000000158. The van der Waals surface area contributed by atoms with Gasteiger partial charge in [-0.05, 0) is 88.1 Å². The first-order chi connectivity index (χ1) is 19.0. The molecule has 0 saturated carbocycles. The molecule has 0 amide bonds. The van der Waals surface area contributed by atoms with Gasteiger partial charge in [0.05, 0.1) is 6.54 Å². The Bertz CT molecular complexity index is 1590. The first-order valence-electron chi connectivity index (χ1n) is 13.1. The Morgan fingerprint density at radius 2 is 1.21 bits per heavy atom. The molecule has 2 aromatic carbocycles. The summed E-state index contributed by atoms with van der Waals surface area (Å²) in [4.78, 5) is 11.1. The fourth-order valence-electron chi connectivity index (χ4n) is 4.60. The quantitative estimate of drug-likeness (QED) is 0.299. The first kappa shape index (κ1) is 26.3. The molecule has 0 aliphatic rings. The average Bonchev–Trinajstić information content (AvgIpc) is 3.74. The molecule has 0 spiro atoms. The molecular weight excluding hydrogens is 488 g/mol. The number of likely N-dealkylation sites (N-methyl/N-ethyl adjacent to an activating group) is 2. The van der Waals surface area contributed by atoms with Crippen LogP contribution in [0.15, 0.2) is 74.1 Å². The van der Waals surface area contributed by atoms with Gasteiger partial charge in [-0.3, -0.25) is 4.57 Å². The van der Waals surface area contributed by atoms with Gasteiger partial charge in [0.1, 0.15) is 25.3 Å². The number of nitrogens with zero attached hydrogens (tertiary/aromatic N) is 8. The normalized spacial score (nSPS) is 11.5. The van der Waals surface area contributed by atoms with Crippen molar-refractivity contribution in [2.24, 2.45) is 0 Å². The van der Waals surface area contributed by atoms with E-state index < -0.39 is 0 Å². The van der Waals surface area contributed by atoms with Crippen molar-refractivity contribution in [3.63, 3.8) is 0 Å². The summed E-state index contributed by atoms with van der Waals surface area (Å²) in [5.41, 5.74) is 7.45. The third-order valence-corrected chi connectivity index (χ3v) is 6.79. The number of benzene rings is 2. The number of rotatable bonds is 9. The minimum atomic E-state index is 0.807. The molecule has 4 heterocycles. The van der Waals surface area contributed by atoms with Crippen molar-refractivity contribution < 1.29 is 0 Å². The van der Waals surface area contributed by atoms with Crippen LogP contribution < -0.4 is 0 Å². The topological polar surface area (TPSA) is 99.5 Å². The SMILES string of the molecule is CN(C)CCc1c[nH]c2ccc(-n3cnnc3)cc12.CN(C)CCc1c[nH]c2ccc(Cn3cnnc3)cc12. The molecule has 6 aromatic rings. The van der Waals surface area contributed by atoms with Crippen LogP contribution in [0, 0.1) is 0 Å². The zero-order valence-electron chi connectivity index (χ0n) is 23.0. The minimum absolute atomic E-state index is 0.807. The lowest BCUT2D eigenvalue weighted by Crippen LogP contribution is -2.14. The van der Waals surface area contributed by atoms with E-state index in [0.717, 1.165) is 38.2 Å². The summed E-state index contributed by atoms with van der Waals surface area (Å²) in [7, 11) is 8.40. The second-order valence-electron chi connectivity index (χ2n) is 10.3. The maximum absolute atomic E-state index is 3.85. The molecule has 4 aromatic heterocycles. The number of nitrogens with one attached hydrogen (secondary N) is 2. The molecule has 202 valence electrons. The summed E-state index contributed by atoms with van der Waals surface area (Å²) in [6, 6.07) is 12.9. The Morgan fingerprint density at radius 3 is 1.79 bits per heavy atom. The second-order valence-corrected chi connectivity index (χ2v) is 10.3. The second kappa shape index (κ2) is 12.1. The third kappa shape index (κ3) is 6.60. The van der Waals surface area contributed by atoms with Gasteiger partial charge in [0.15, 0.2) is 0 Å². The summed E-state index contributed by atoms with van der Waals surface area (Å²) in [5, 5.41) is 18.0. The van der Waals surface area contributed by atoms with Crippen LogP contribution in [0.3, 0.4) is 0 Å². The van der Waals surface area contributed by atoms with Gasteiger partial charge in [-0.1, -0.05) is 6.07 Å². The lowest BCUT2D eigenvalue weighted by Gasteiger charge is -2.08. The Morgan fingerprint density at radius 1 is 0.667 bits per heavy atom. The summed E-state index contributed by atoms with van der Waals surface area (Å²) >= 11 is 0. The van der Waals surface area contributed by atoms with E-state index in [2.05, 4.69) is 117 Å². The van der Waals surface area contributed by atoms with Gasteiger partial charge in [0, 0.05) is 53.0 Å². The molecule has 0 atom stereocenters. The number of hydrogen-bond acceptors (Lipinski definition) is 6. The molecular formula is C29H36N10. The molecule has 10 nitrogen and oxygen atoms in total. The molecule has 0 aliphatic heterocycles. The molecule has 6 rings (SSSR count). The molecule has 10 heteroatoms. The van der Waals surface area contributed by atoms with Crippen molar-refractivity contribution in [2.45, 2.75) is 19.4 Å². The largest absolute Gasteiger partial charge is 0.361 e. The molecule has 39 heavy (non-hydrogen) atoms. The van der Waals surface area contributed by atoms with E-state index in [4.69, 9.17) is 0 Å². The van der Waals surface area contributed by atoms with E-state index in [1.807, 2.05) is 9.13 Å². The predicted octanol–water partition coefficient (Wildman–Crippen LogP) is 3.76. The van der Waals surface area contributed by atoms with Crippen molar-refractivity contribution in [1.82, 2.24) is 49.3 Å². The summed E-state index contributed by atoms with van der Waals surface area (Å²) in [6.45, 7) is 2.91. The molecule has 0 saturated heterocycles. The number of hydrogen-bond donors (Lipinski definition) is 2. The average molecular weight is 525 g/mol. The monoisotopic (exact) mass is 524 g/mol. The highest BCUT2D eigenvalue weighted by Crippen LogP contribution is 2.23. The highest BCUT2D eigenvalue weighted by molar-refractivity contribution is 5.85. The van der Waals surface area contributed by atoms with Crippen LogP contribution in [0.2, 0.25) is 0 Å². The van der Waals surface area contributed by atoms with E-state index in [-0.39, 0.29) is 0 Å². The maximum Gasteiger partial charge on any atom is 0.123 e. The Labute approximate surface area is 228 Å². The van der Waals surface area contributed by atoms with Crippen LogP contribution in [-0.4, -0.2) is 90.6 Å². The van der Waals surface area contributed by atoms with Crippen LogP contribution >= 0.6 is 0 Å². The minimum Gasteiger partial charge on any atom is -0.361 e. The summed E-state index contributed by atoms with van der Waals surface area (Å²) in [6.07, 6.45) is 13.2. The van der Waals surface area contributed by atoms with Crippen molar-refractivity contribution in [3.8, 4) is 5.69 Å². The van der Waals surface area contributed by atoms with Crippen LogP contribution in [0.4, 0.5) is 0 Å². The Kier molecular flexibility index (Phi) is 8.14. The standard InChI is InChI=1S/C15H19N5.C14H17N5/c1-19(2)6-5-13-8-16-15-4-3-12(7-14(13)15)9-20-10-17-18-11-20;1-18(2)6-5-11-8-15-14-4-3-12(7-13(11)14)19-9-16-17-10-19/h3-4,7-8,10-11,16H,5-6,9H2,1-2H3;3-4,7-10,15H,5-6H2,1-2H3. The van der Waals surface area contributed by atoms with E-state index in [9.17, 15) is 0 Å². The predicted molar refractivity (Wildman–Crippen MR) is 155 cm³/mol. The van der Waals surface area contributed by atoms with Gasteiger partial charge >= 0.3 is 0 Å². The van der Waals surface area contributed by atoms with Crippen molar-refractivity contribution in [1.29, 1.82) is 0 Å². The number of fused-ring (bicyclic) bond motifs is 2. The molecule has 2 N–H and O–H groups in total. The van der Waals surface area contributed by atoms with Gasteiger partial charge in [-0.2, -0.15) is 0 Å². The molecule has 0 bridgehead atoms. The first-order valence-corrected chi connectivity index (χ1v) is 13.1. The van der Waals surface area contributed by atoms with Gasteiger partial charge in [-0.25, -0.2) is 0 Å².